The fourth-order valence-electron chi connectivity index (χ4n) is 3.46. The number of carbonyl (C=O) groups excluding carboxylic acids is 1. The number of methoxy groups -OCH3 is 1. The Kier molecular flexibility index (Phi) is 3.42. The molecular weight excluding hydrogens is 232 g/mol. The monoisotopic (exact) mass is 256 g/mol. The Balaban J connectivity index is 2.13. The predicted molar refractivity (Wildman–Crippen MR) is 68.1 cm³/mol. The van der Waals surface area contributed by atoms with E-state index in [2.05, 4.69) is 0 Å². The Hall–Kier alpha value is -0.650. The lowest BCUT2D eigenvalue weighted by Crippen LogP contribution is -2.80. The highest BCUT2D eigenvalue weighted by molar-refractivity contribution is 5.89. The van der Waals surface area contributed by atoms with Crippen LogP contribution in [0, 0.1) is 11.3 Å². The molecule has 1 saturated heterocycles. The van der Waals surface area contributed by atoms with E-state index in [0.717, 1.165) is 6.42 Å². The van der Waals surface area contributed by atoms with Crippen molar-refractivity contribution < 1.29 is 14.3 Å². The van der Waals surface area contributed by atoms with Gasteiger partial charge in [0.05, 0.1) is 12.7 Å². The highest BCUT2D eigenvalue weighted by Crippen LogP contribution is 2.58. The molecule has 0 bridgehead atoms. The lowest BCUT2D eigenvalue weighted by molar-refractivity contribution is -0.183. The minimum Gasteiger partial charge on any atom is -0.383 e. The summed E-state index contributed by atoms with van der Waals surface area (Å²) in [5.41, 5.74) is 5.38. The van der Waals surface area contributed by atoms with Gasteiger partial charge in [-0.05, 0) is 6.42 Å². The van der Waals surface area contributed by atoms with Gasteiger partial charge in [0.15, 0.2) is 0 Å². The first kappa shape index (κ1) is 13.8. The van der Waals surface area contributed by atoms with Gasteiger partial charge in [0.25, 0.3) is 0 Å². The molecule has 1 heterocycles. The van der Waals surface area contributed by atoms with Gasteiger partial charge in [0, 0.05) is 38.6 Å². The summed E-state index contributed by atoms with van der Waals surface area (Å²) in [7, 11) is 3.42. The Bertz CT molecular complexity index is 345. The summed E-state index contributed by atoms with van der Waals surface area (Å²) in [6, 6.07) is 0. The van der Waals surface area contributed by atoms with Crippen LogP contribution < -0.4 is 5.73 Å². The van der Waals surface area contributed by atoms with Crippen molar-refractivity contribution in [2.45, 2.75) is 31.9 Å². The number of carbonyl (C=O) groups is 1. The summed E-state index contributed by atoms with van der Waals surface area (Å²) >= 11 is 0. The van der Waals surface area contributed by atoms with Gasteiger partial charge in [-0.25, -0.2) is 0 Å². The smallest absolute Gasteiger partial charge is 0.243 e. The molecule has 2 rings (SSSR count). The number of nitrogens with zero attached hydrogens (tertiary/aromatic N) is 1. The van der Waals surface area contributed by atoms with Gasteiger partial charge in [-0.2, -0.15) is 0 Å². The number of rotatable bonds is 4. The lowest BCUT2D eigenvalue weighted by atomic mass is 9.47. The molecule has 2 fully saturated rings. The number of ether oxygens (including phenoxy) is 2. The third kappa shape index (κ3) is 1.61. The highest BCUT2D eigenvalue weighted by Gasteiger charge is 2.71. The molecule has 5 heteroatoms. The largest absolute Gasteiger partial charge is 0.383 e. The number of likely N-dealkylation sites (N-methyl/N-ethyl adjacent to an activating group) is 1. The van der Waals surface area contributed by atoms with Crippen LogP contribution in [-0.2, 0) is 14.3 Å². The van der Waals surface area contributed by atoms with Crippen molar-refractivity contribution in [2.24, 2.45) is 17.1 Å². The van der Waals surface area contributed by atoms with E-state index in [-0.39, 0.29) is 23.3 Å². The molecule has 3 unspecified atom stereocenters. The summed E-state index contributed by atoms with van der Waals surface area (Å²) in [4.78, 5) is 14.3. The van der Waals surface area contributed by atoms with Crippen molar-refractivity contribution in [3.8, 4) is 0 Å². The number of amides is 1. The number of fused-ring (bicyclic) bond motifs is 1. The van der Waals surface area contributed by atoms with Crippen LogP contribution >= 0.6 is 0 Å². The van der Waals surface area contributed by atoms with E-state index in [9.17, 15) is 4.79 Å². The first-order valence-electron chi connectivity index (χ1n) is 6.52. The number of nitrogens with two attached hydrogens (primary N) is 1. The topological polar surface area (TPSA) is 64.8 Å². The zero-order valence-corrected chi connectivity index (χ0v) is 11.7. The van der Waals surface area contributed by atoms with Crippen molar-refractivity contribution in [1.82, 2.24) is 4.90 Å². The first-order chi connectivity index (χ1) is 8.37. The maximum atomic E-state index is 12.6. The molecule has 0 aromatic rings. The van der Waals surface area contributed by atoms with E-state index in [1.807, 2.05) is 13.8 Å². The Morgan fingerprint density at radius 1 is 1.56 bits per heavy atom. The number of hydrogen-bond donors (Lipinski definition) is 1. The van der Waals surface area contributed by atoms with Crippen LogP contribution in [0.2, 0.25) is 0 Å². The van der Waals surface area contributed by atoms with Crippen LogP contribution in [-0.4, -0.2) is 56.4 Å². The lowest BCUT2D eigenvalue weighted by Gasteiger charge is -2.61. The third-order valence-corrected chi connectivity index (χ3v) is 4.79. The molecule has 1 saturated carbocycles. The Morgan fingerprint density at radius 3 is 2.83 bits per heavy atom. The molecule has 18 heavy (non-hydrogen) atoms. The van der Waals surface area contributed by atoms with Crippen LogP contribution in [0.15, 0.2) is 0 Å². The minimum atomic E-state index is -0.795. The molecular formula is C13H24N2O3. The number of hydrogen-bond acceptors (Lipinski definition) is 4. The zero-order chi connectivity index (χ0) is 13.6. The highest BCUT2D eigenvalue weighted by atomic mass is 16.5. The maximum Gasteiger partial charge on any atom is 0.243 e. The summed E-state index contributed by atoms with van der Waals surface area (Å²) in [6.45, 7) is 5.88. The molecule has 1 amide bonds. The first-order valence-corrected chi connectivity index (χ1v) is 6.52. The molecule has 5 nitrogen and oxygen atoms in total. The summed E-state index contributed by atoms with van der Waals surface area (Å²) in [6.07, 6.45) is 1.01. The summed E-state index contributed by atoms with van der Waals surface area (Å²) in [5.74, 6) is 0.168. The van der Waals surface area contributed by atoms with Crippen molar-refractivity contribution >= 4 is 5.91 Å². The van der Waals surface area contributed by atoms with Gasteiger partial charge >= 0.3 is 0 Å². The van der Waals surface area contributed by atoms with Gasteiger partial charge in [0.2, 0.25) is 5.91 Å². The van der Waals surface area contributed by atoms with Crippen LogP contribution in [0.5, 0.6) is 0 Å². The SMILES string of the molecule is COCCN(C)C(=O)C1(N)C2CCOC2C1(C)C. The van der Waals surface area contributed by atoms with Gasteiger partial charge in [-0.15, -0.1) is 0 Å². The Labute approximate surface area is 109 Å². The molecule has 0 aromatic carbocycles. The van der Waals surface area contributed by atoms with E-state index < -0.39 is 5.54 Å². The standard InChI is InChI=1S/C13H24N2O3/c1-12(2)10-9(5-7-18-10)13(12,14)11(16)15(3)6-8-17-4/h9-10H,5-8,14H2,1-4H3. The van der Waals surface area contributed by atoms with Crippen LogP contribution in [0.3, 0.4) is 0 Å². The second-order valence-electron chi connectivity index (χ2n) is 6.00. The van der Waals surface area contributed by atoms with E-state index in [4.69, 9.17) is 15.2 Å². The fourth-order valence-corrected chi connectivity index (χ4v) is 3.46. The summed E-state index contributed by atoms with van der Waals surface area (Å²) in [5, 5.41) is 0. The molecule has 0 radical (unpaired) electrons. The van der Waals surface area contributed by atoms with Gasteiger partial charge in [-0.1, -0.05) is 13.8 Å². The molecule has 104 valence electrons. The molecule has 1 aliphatic carbocycles. The Morgan fingerprint density at radius 2 is 2.22 bits per heavy atom. The van der Waals surface area contributed by atoms with E-state index in [1.54, 1.807) is 19.1 Å². The quantitative estimate of drug-likeness (QED) is 0.782. The molecule has 1 aliphatic heterocycles. The molecule has 0 spiro atoms. The van der Waals surface area contributed by atoms with Crippen LogP contribution in [0.4, 0.5) is 0 Å². The van der Waals surface area contributed by atoms with Crippen LogP contribution in [0.1, 0.15) is 20.3 Å². The molecule has 0 aromatic heterocycles. The maximum absolute atomic E-state index is 12.6. The van der Waals surface area contributed by atoms with Gasteiger partial charge < -0.3 is 20.1 Å². The minimum absolute atomic E-state index is 0.0105. The van der Waals surface area contributed by atoms with Crippen molar-refractivity contribution in [2.75, 3.05) is 33.9 Å². The fraction of sp³-hybridized carbons (Fsp3) is 0.923. The molecule has 2 N–H and O–H groups in total. The van der Waals surface area contributed by atoms with Gasteiger partial charge in [-0.3, -0.25) is 4.79 Å². The normalized spacial score (nSPS) is 36.9. The van der Waals surface area contributed by atoms with Crippen molar-refractivity contribution in [3.63, 3.8) is 0 Å². The van der Waals surface area contributed by atoms with E-state index in [1.165, 1.54) is 0 Å². The third-order valence-electron chi connectivity index (χ3n) is 4.79. The van der Waals surface area contributed by atoms with E-state index >= 15 is 0 Å². The van der Waals surface area contributed by atoms with Gasteiger partial charge in [0.1, 0.15) is 5.54 Å². The van der Waals surface area contributed by atoms with Crippen LogP contribution in [0.25, 0.3) is 0 Å². The van der Waals surface area contributed by atoms with E-state index in [0.29, 0.717) is 19.8 Å². The van der Waals surface area contributed by atoms with Crippen molar-refractivity contribution in [1.29, 1.82) is 0 Å². The summed E-state index contributed by atoms with van der Waals surface area (Å²) < 4.78 is 10.7. The second kappa shape index (κ2) is 4.47. The average molecular weight is 256 g/mol. The predicted octanol–water partition coefficient (Wildman–Crippen LogP) is 0.234. The average Bonchev–Trinajstić information content (AvgIpc) is 2.81. The molecule has 3 atom stereocenters. The zero-order valence-electron chi connectivity index (χ0n) is 11.7. The second-order valence-corrected chi connectivity index (χ2v) is 6.00. The molecule has 2 aliphatic rings. The van der Waals surface area contributed by atoms with Crippen molar-refractivity contribution in [3.05, 3.63) is 0 Å².